The Morgan fingerprint density at radius 2 is 2.05 bits per heavy atom. The summed E-state index contributed by atoms with van der Waals surface area (Å²) in [5.74, 6) is 1.62. The number of halogens is 2. The van der Waals surface area contributed by atoms with Gasteiger partial charge in [0.25, 0.3) is 0 Å². The molecule has 0 spiro atoms. The summed E-state index contributed by atoms with van der Waals surface area (Å²) in [7, 11) is 1.60. The first-order valence-corrected chi connectivity index (χ1v) is 7.71. The first-order chi connectivity index (χ1) is 10.1. The average molecular weight is 367 g/mol. The van der Waals surface area contributed by atoms with Crippen LogP contribution >= 0.6 is 27.5 Å². The van der Waals surface area contributed by atoms with Crippen molar-refractivity contribution in [2.24, 2.45) is 0 Å². The maximum atomic E-state index is 6.05. The number of nitrogens with zero attached hydrogens (tertiary/aromatic N) is 3. The third kappa shape index (κ3) is 2.63. The lowest BCUT2D eigenvalue weighted by atomic mass is 10.2. The van der Waals surface area contributed by atoms with Crippen LogP contribution in [-0.4, -0.2) is 21.6 Å². The molecule has 0 aliphatic carbocycles. The van der Waals surface area contributed by atoms with Crippen LogP contribution in [0.3, 0.4) is 0 Å². The fraction of sp³-hybridized carbons (Fsp3) is 0.200. The summed E-state index contributed by atoms with van der Waals surface area (Å²) in [6.45, 7) is 2.04. The molecule has 0 atom stereocenters. The van der Waals surface area contributed by atoms with Crippen molar-refractivity contribution >= 4 is 38.7 Å². The zero-order valence-electron chi connectivity index (χ0n) is 11.6. The normalized spacial score (nSPS) is 11.0. The van der Waals surface area contributed by atoms with Crippen molar-refractivity contribution in [1.29, 1.82) is 0 Å². The minimum atomic E-state index is 0.310. The van der Waals surface area contributed by atoms with Gasteiger partial charge in [0.05, 0.1) is 18.7 Å². The molecule has 0 unspecified atom stereocenters. The van der Waals surface area contributed by atoms with Crippen molar-refractivity contribution in [3.05, 3.63) is 46.2 Å². The molecule has 4 nitrogen and oxygen atoms in total. The van der Waals surface area contributed by atoms with Crippen molar-refractivity contribution in [2.45, 2.75) is 12.8 Å². The minimum Gasteiger partial charge on any atom is -0.481 e. The molecular weight excluding hydrogens is 354 g/mol. The number of alkyl halides is 1. The Bertz CT molecular complexity index is 796. The number of benzene rings is 1. The van der Waals surface area contributed by atoms with E-state index in [0.717, 1.165) is 32.7 Å². The molecule has 0 aliphatic rings. The molecule has 3 aromatic rings. The second-order valence-corrected chi connectivity index (χ2v) is 5.86. The molecule has 0 aliphatic heterocycles. The molecule has 2 heterocycles. The van der Waals surface area contributed by atoms with Gasteiger partial charge in [-0.25, -0.2) is 4.98 Å². The summed E-state index contributed by atoms with van der Waals surface area (Å²) < 4.78 is 8.17. The number of methoxy groups -OCH3 is 1. The van der Waals surface area contributed by atoms with Gasteiger partial charge in [-0.3, -0.25) is 4.57 Å². The molecule has 0 radical (unpaired) electrons. The van der Waals surface area contributed by atoms with Gasteiger partial charge >= 0.3 is 0 Å². The van der Waals surface area contributed by atoms with Gasteiger partial charge in [-0.15, -0.1) is 11.6 Å². The lowest BCUT2D eigenvalue weighted by molar-refractivity contribution is 0.399. The number of aryl methyl sites for hydroxylation is 1. The second kappa shape index (κ2) is 5.66. The third-order valence-corrected chi connectivity index (χ3v) is 3.86. The van der Waals surface area contributed by atoms with Gasteiger partial charge in [0.2, 0.25) is 5.88 Å². The van der Waals surface area contributed by atoms with Crippen LogP contribution in [0.5, 0.6) is 5.88 Å². The molecule has 2 aromatic heterocycles. The van der Waals surface area contributed by atoms with E-state index in [4.69, 9.17) is 16.3 Å². The highest BCUT2D eigenvalue weighted by atomic mass is 79.9. The molecule has 6 heteroatoms. The highest BCUT2D eigenvalue weighted by molar-refractivity contribution is 9.10. The monoisotopic (exact) mass is 365 g/mol. The van der Waals surface area contributed by atoms with Crippen LogP contribution in [0.2, 0.25) is 0 Å². The molecular formula is C15H13BrClN3O. The van der Waals surface area contributed by atoms with Crippen molar-refractivity contribution < 1.29 is 4.74 Å². The topological polar surface area (TPSA) is 39.9 Å². The predicted octanol–water partition coefficient (Wildman–Crippen LogP) is 4.24. The average Bonchev–Trinajstić information content (AvgIpc) is 2.83. The van der Waals surface area contributed by atoms with Gasteiger partial charge in [-0.2, -0.15) is 4.98 Å². The Balaban J connectivity index is 2.32. The SMILES string of the molecule is COc1ccc2nc(CCl)n(-c3cc(C)cc(Br)c3)c2n1. The maximum Gasteiger partial charge on any atom is 0.215 e. The van der Waals surface area contributed by atoms with E-state index in [1.54, 1.807) is 13.2 Å². The lowest BCUT2D eigenvalue weighted by Crippen LogP contribution is -2.01. The van der Waals surface area contributed by atoms with Gasteiger partial charge in [0, 0.05) is 10.5 Å². The highest BCUT2D eigenvalue weighted by Crippen LogP contribution is 2.26. The number of aromatic nitrogens is 3. The van der Waals surface area contributed by atoms with Gasteiger partial charge in [0.15, 0.2) is 5.65 Å². The second-order valence-electron chi connectivity index (χ2n) is 4.68. The molecule has 0 saturated carbocycles. The van der Waals surface area contributed by atoms with Crippen molar-refractivity contribution in [3.8, 4) is 11.6 Å². The van der Waals surface area contributed by atoms with E-state index >= 15 is 0 Å². The van der Waals surface area contributed by atoms with E-state index in [1.165, 1.54) is 0 Å². The minimum absolute atomic E-state index is 0.310. The smallest absolute Gasteiger partial charge is 0.215 e. The Labute approximate surface area is 135 Å². The molecule has 0 fully saturated rings. The van der Waals surface area contributed by atoms with E-state index in [1.807, 2.05) is 23.6 Å². The Hall–Kier alpha value is -1.59. The molecule has 108 valence electrons. The van der Waals surface area contributed by atoms with Crippen molar-refractivity contribution in [3.63, 3.8) is 0 Å². The highest BCUT2D eigenvalue weighted by Gasteiger charge is 2.14. The van der Waals surface area contributed by atoms with Crippen molar-refractivity contribution in [2.75, 3.05) is 7.11 Å². The third-order valence-electron chi connectivity index (χ3n) is 3.16. The summed E-state index contributed by atoms with van der Waals surface area (Å²) in [6, 6.07) is 9.83. The molecule has 1 aromatic carbocycles. The Kier molecular flexibility index (Phi) is 3.87. The standard InChI is InChI=1S/C15H13BrClN3O/c1-9-5-10(16)7-11(6-9)20-13(8-17)18-12-3-4-14(21-2)19-15(12)20/h3-7H,8H2,1-2H3. The molecule has 0 amide bonds. The van der Waals surface area contributed by atoms with E-state index < -0.39 is 0 Å². The van der Waals surface area contributed by atoms with Crippen LogP contribution in [0, 0.1) is 6.92 Å². The van der Waals surface area contributed by atoms with Crippen LogP contribution in [-0.2, 0) is 5.88 Å². The van der Waals surface area contributed by atoms with Crippen LogP contribution in [0.25, 0.3) is 16.9 Å². The van der Waals surface area contributed by atoms with Crippen LogP contribution < -0.4 is 4.74 Å². The van der Waals surface area contributed by atoms with Crippen molar-refractivity contribution in [1.82, 2.24) is 14.5 Å². The fourth-order valence-electron chi connectivity index (χ4n) is 2.31. The molecule has 0 saturated heterocycles. The van der Waals surface area contributed by atoms with Crippen LogP contribution in [0.4, 0.5) is 0 Å². The van der Waals surface area contributed by atoms with E-state index in [9.17, 15) is 0 Å². The quantitative estimate of drug-likeness (QED) is 0.651. The van der Waals surface area contributed by atoms with Crippen LogP contribution in [0.1, 0.15) is 11.4 Å². The van der Waals surface area contributed by atoms with Gasteiger partial charge in [0.1, 0.15) is 11.3 Å². The number of ether oxygens (including phenoxy) is 1. The number of pyridine rings is 1. The zero-order valence-corrected chi connectivity index (χ0v) is 13.9. The molecule has 3 rings (SSSR count). The van der Waals surface area contributed by atoms with E-state index in [0.29, 0.717) is 11.8 Å². The van der Waals surface area contributed by atoms with E-state index in [2.05, 4.69) is 38.0 Å². The Morgan fingerprint density at radius 1 is 1.24 bits per heavy atom. The fourth-order valence-corrected chi connectivity index (χ4v) is 3.08. The lowest BCUT2D eigenvalue weighted by Gasteiger charge is -2.09. The number of hydrogen-bond acceptors (Lipinski definition) is 3. The summed E-state index contributed by atoms with van der Waals surface area (Å²) in [6.07, 6.45) is 0. The summed E-state index contributed by atoms with van der Waals surface area (Å²) >= 11 is 9.58. The number of rotatable bonds is 3. The van der Waals surface area contributed by atoms with Crippen LogP contribution in [0.15, 0.2) is 34.8 Å². The van der Waals surface area contributed by atoms with Gasteiger partial charge in [-0.1, -0.05) is 15.9 Å². The number of fused-ring (bicyclic) bond motifs is 1. The van der Waals surface area contributed by atoms with Gasteiger partial charge < -0.3 is 4.74 Å². The largest absolute Gasteiger partial charge is 0.481 e. The first kappa shape index (κ1) is 14.4. The maximum absolute atomic E-state index is 6.05. The zero-order chi connectivity index (χ0) is 15.0. The number of imidazole rings is 1. The molecule has 21 heavy (non-hydrogen) atoms. The van der Waals surface area contributed by atoms with Gasteiger partial charge in [-0.05, 0) is 36.8 Å². The number of hydrogen-bond donors (Lipinski definition) is 0. The summed E-state index contributed by atoms with van der Waals surface area (Å²) in [4.78, 5) is 9.04. The summed E-state index contributed by atoms with van der Waals surface area (Å²) in [5, 5.41) is 0. The molecule has 0 N–H and O–H groups in total. The molecule has 0 bridgehead atoms. The predicted molar refractivity (Wildman–Crippen MR) is 87.4 cm³/mol. The summed E-state index contributed by atoms with van der Waals surface area (Å²) in [5.41, 5.74) is 3.65. The first-order valence-electron chi connectivity index (χ1n) is 6.38. The Morgan fingerprint density at radius 3 is 2.71 bits per heavy atom. The van der Waals surface area contributed by atoms with E-state index in [-0.39, 0.29) is 0 Å².